The average Bonchev–Trinajstić information content (AvgIpc) is 1.83. The summed E-state index contributed by atoms with van der Waals surface area (Å²) in [6.45, 7) is 1.46. The van der Waals surface area contributed by atoms with Gasteiger partial charge in [0, 0.05) is 6.42 Å². The molecule has 0 saturated carbocycles. The monoisotopic (exact) mass is 115 g/mol. The van der Waals surface area contributed by atoms with Crippen LogP contribution < -0.4 is 0 Å². The summed E-state index contributed by atoms with van der Waals surface area (Å²) >= 11 is 0. The van der Waals surface area contributed by atoms with Gasteiger partial charge in [-0.25, -0.2) is 5.11 Å². The number of ketones is 1. The van der Waals surface area contributed by atoms with Crippen LogP contribution in [0.15, 0.2) is 0 Å². The van der Waals surface area contributed by atoms with Gasteiger partial charge in [0.15, 0.2) is 5.78 Å². The minimum atomic E-state index is -0.542. The number of unbranched alkanes of at least 4 members (excludes halogenated alkanes) is 1. The Balaban J connectivity index is 2.99. The molecule has 0 unspecified atom stereocenters. The van der Waals surface area contributed by atoms with E-state index in [9.17, 15) is 9.90 Å². The van der Waals surface area contributed by atoms with Crippen molar-refractivity contribution >= 4 is 5.78 Å². The summed E-state index contributed by atoms with van der Waals surface area (Å²) in [6.07, 6.45) is 2.33. The number of carbonyl (C=O) groups excluding carboxylic acids is 1. The third kappa shape index (κ3) is 3.81. The van der Waals surface area contributed by atoms with Gasteiger partial charge in [0.05, 0.1) is 0 Å². The molecular weight excluding hydrogens is 104 g/mol. The predicted octanol–water partition coefficient (Wildman–Crippen LogP) is 1.18. The smallest absolute Gasteiger partial charge is 0.161 e. The second-order valence-corrected chi connectivity index (χ2v) is 1.79. The highest BCUT2D eigenvalue weighted by Crippen LogP contribution is 1.93. The number of hydrogen-bond donors (Lipinski definition) is 0. The Labute approximate surface area is 49.5 Å². The minimum Gasteiger partial charge on any atom is -0.297 e. The van der Waals surface area contributed by atoms with Crippen LogP contribution in [0.2, 0.25) is 0 Å². The molecule has 0 spiro atoms. The van der Waals surface area contributed by atoms with Crippen LogP contribution in [0.4, 0.5) is 0 Å². The Morgan fingerprint density at radius 3 is 2.50 bits per heavy atom. The van der Waals surface area contributed by atoms with E-state index in [0.717, 1.165) is 12.8 Å². The van der Waals surface area contributed by atoms with E-state index >= 15 is 0 Å². The lowest BCUT2D eigenvalue weighted by atomic mass is 10.2. The van der Waals surface area contributed by atoms with Crippen molar-refractivity contribution in [3.05, 3.63) is 0 Å². The summed E-state index contributed by atoms with van der Waals surface area (Å²) in [5.74, 6) is -0.160. The first-order valence-corrected chi connectivity index (χ1v) is 2.91. The highest BCUT2D eigenvalue weighted by Gasteiger charge is 1.96. The Hall–Kier alpha value is -0.370. The maximum Gasteiger partial charge on any atom is 0.161 e. The first-order valence-electron chi connectivity index (χ1n) is 2.91. The molecule has 0 aliphatic carbocycles. The van der Waals surface area contributed by atoms with Crippen molar-refractivity contribution < 1.29 is 9.90 Å². The molecule has 2 nitrogen and oxygen atoms in total. The van der Waals surface area contributed by atoms with E-state index in [2.05, 4.69) is 0 Å². The number of Topliss-reactive ketones (excluding diaryl/α,β-unsaturated/α-hetero) is 1. The van der Waals surface area contributed by atoms with Crippen LogP contribution in [0.1, 0.15) is 26.2 Å². The van der Waals surface area contributed by atoms with Gasteiger partial charge in [-0.15, -0.1) is 0 Å². The Kier molecular flexibility index (Phi) is 4.56. The first kappa shape index (κ1) is 7.63. The largest absolute Gasteiger partial charge is 0.297 e. The van der Waals surface area contributed by atoms with Crippen LogP contribution >= 0.6 is 0 Å². The lowest BCUT2D eigenvalue weighted by Gasteiger charge is -1.89. The second-order valence-electron chi connectivity index (χ2n) is 1.79. The van der Waals surface area contributed by atoms with Crippen LogP contribution in [0.5, 0.6) is 0 Å². The van der Waals surface area contributed by atoms with E-state index in [0.29, 0.717) is 6.42 Å². The van der Waals surface area contributed by atoms with Crippen LogP contribution in [-0.2, 0) is 9.90 Å². The summed E-state index contributed by atoms with van der Waals surface area (Å²) in [5.41, 5.74) is 0. The van der Waals surface area contributed by atoms with Gasteiger partial charge in [-0.2, -0.15) is 0 Å². The molecule has 0 rings (SSSR count). The molecule has 0 aromatic carbocycles. The molecule has 47 valence electrons. The van der Waals surface area contributed by atoms with E-state index in [1.54, 1.807) is 0 Å². The molecule has 0 aliphatic heterocycles. The van der Waals surface area contributed by atoms with Crippen molar-refractivity contribution in [2.24, 2.45) is 0 Å². The zero-order valence-electron chi connectivity index (χ0n) is 5.14. The van der Waals surface area contributed by atoms with Crippen molar-refractivity contribution in [1.82, 2.24) is 0 Å². The Bertz CT molecular complexity index is 68.9. The van der Waals surface area contributed by atoms with Gasteiger partial charge in [-0.05, 0) is 6.42 Å². The lowest BCUT2D eigenvalue weighted by Crippen LogP contribution is -2.00. The van der Waals surface area contributed by atoms with Crippen LogP contribution in [0, 0.1) is 0 Å². The van der Waals surface area contributed by atoms with Crippen molar-refractivity contribution in [1.29, 1.82) is 0 Å². The molecule has 0 N–H and O–H groups in total. The zero-order valence-corrected chi connectivity index (χ0v) is 5.14. The molecule has 1 radical (unpaired) electrons. The standard InChI is InChI=1S/C6H11O2/c1-2-3-4-6(8)5-7/h2-5H2,1H3. The summed E-state index contributed by atoms with van der Waals surface area (Å²) < 4.78 is 0. The molecule has 0 aromatic heterocycles. The van der Waals surface area contributed by atoms with E-state index < -0.39 is 6.61 Å². The molecule has 8 heavy (non-hydrogen) atoms. The summed E-state index contributed by atoms with van der Waals surface area (Å²) in [4.78, 5) is 10.3. The van der Waals surface area contributed by atoms with Crippen LogP contribution in [0.25, 0.3) is 0 Å². The SMILES string of the molecule is CCCCC(=O)C[O]. The lowest BCUT2D eigenvalue weighted by molar-refractivity contribution is -0.123. The summed E-state index contributed by atoms with van der Waals surface area (Å²) in [6, 6.07) is 0. The number of rotatable bonds is 4. The van der Waals surface area contributed by atoms with Crippen molar-refractivity contribution in [2.45, 2.75) is 26.2 Å². The maximum atomic E-state index is 10.3. The minimum absolute atomic E-state index is 0.160. The molecule has 0 amide bonds. The van der Waals surface area contributed by atoms with Gasteiger partial charge in [0.25, 0.3) is 0 Å². The molecule has 0 bridgehead atoms. The number of carbonyl (C=O) groups is 1. The topological polar surface area (TPSA) is 37.0 Å². The van der Waals surface area contributed by atoms with Crippen LogP contribution in [-0.4, -0.2) is 12.4 Å². The van der Waals surface area contributed by atoms with Crippen LogP contribution in [0.3, 0.4) is 0 Å². The van der Waals surface area contributed by atoms with E-state index in [1.165, 1.54) is 0 Å². The summed E-state index contributed by atoms with van der Waals surface area (Å²) in [7, 11) is 0. The summed E-state index contributed by atoms with van der Waals surface area (Å²) in [5, 5.41) is 9.79. The molecule has 0 fully saturated rings. The first-order chi connectivity index (χ1) is 3.81. The van der Waals surface area contributed by atoms with E-state index in [1.807, 2.05) is 6.92 Å². The maximum absolute atomic E-state index is 10.3. The fourth-order valence-corrected chi connectivity index (χ4v) is 0.446. The average molecular weight is 115 g/mol. The highest BCUT2D eigenvalue weighted by molar-refractivity contribution is 5.79. The van der Waals surface area contributed by atoms with Gasteiger partial charge in [0.1, 0.15) is 6.61 Å². The molecule has 0 saturated heterocycles. The Morgan fingerprint density at radius 1 is 1.50 bits per heavy atom. The Morgan fingerprint density at radius 2 is 2.12 bits per heavy atom. The molecule has 0 aromatic rings. The quantitative estimate of drug-likeness (QED) is 0.542. The van der Waals surface area contributed by atoms with Gasteiger partial charge in [0.2, 0.25) is 0 Å². The fourth-order valence-electron chi connectivity index (χ4n) is 0.446. The molecule has 0 atom stereocenters. The normalized spacial score (nSPS) is 9.25. The van der Waals surface area contributed by atoms with Gasteiger partial charge in [-0.3, -0.25) is 4.79 Å². The van der Waals surface area contributed by atoms with E-state index in [-0.39, 0.29) is 5.78 Å². The third-order valence-corrected chi connectivity index (χ3v) is 0.970. The van der Waals surface area contributed by atoms with Gasteiger partial charge in [-0.1, -0.05) is 13.3 Å². The molecule has 0 aliphatic rings. The number of hydrogen-bond acceptors (Lipinski definition) is 1. The molecule has 2 heteroatoms. The molecular formula is C6H11O2. The van der Waals surface area contributed by atoms with Crippen molar-refractivity contribution in [3.8, 4) is 0 Å². The fraction of sp³-hybridized carbons (Fsp3) is 0.833. The molecule has 0 heterocycles. The second kappa shape index (κ2) is 4.78. The predicted molar refractivity (Wildman–Crippen MR) is 30.1 cm³/mol. The van der Waals surface area contributed by atoms with Crippen molar-refractivity contribution in [2.75, 3.05) is 6.61 Å². The van der Waals surface area contributed by atoms with Gasteiger partial charge < -0.3 is 0 Å². The van der Waals surface area contributed by atoms with E-state index in [4.69, 9.17) is 0 Å². The zero-order chi connectivity index (χ0) is 6.41. The third-order valence-electron chi connectivity index (χ3n) is 0.970. The highest BCUT2D eigenvalue weighted by atomic mass is 16.3. The van der Waals surface area contributed by atoms with Crippen molar-refractivity contribution in [3.63, 3.8) is 0 Å². The van der Waals surface area contributed by atoms with Gasteiger partial charge >= 0.3 is 0 Å².